The molecule has 1 N–H and O–H groups in total. The van der Waals surface area contributed by atoms with Crippen molar-refractivity contribution in [3.05, 3.63) is 12.7 Å². The summed E-state index contributed by atoms with van der Waals surface area (Å²) in [5.41, 5.74) is 0. The molecule has 0 radical (unpaired) electrons. The van der Waals surface area contributed by atoms with Gasteiger partial charge in [0.1, 0.15) is 12.2 Å². The predicted octanol–water partition coefficient (Wildman–Crippen LogP) is 1.06. The molecule has 1 heterocycles. The van der Waals surface area contributed by atoms with Gasteiger partial charge in [-0.2, -0.15) is 0 Å². The standard InChI is InChI=1S/C9H14FNO2/c1-2-3-4-11-6-7(10)5-8(11)9(12)13/h2,7-8H,1,3-6H2,(H,12,13)/t7-,8-/m0/s1. The van der Waals surface area contributed by atoms with Gasteiger partial charge in [-0.25, -0.2) is 4.39 Å². The topological polar surface area (TPSA) is 40.5 Å². The maximum atomic E-state index is 12.9. The molecule has 0 aromatic rings. The largest absolute Gasteiger partial charge is 0.480 e. The summed E-state index contributed by atoms with van der Waals surface area (Å²) in [7, 11) is 0. The number of halogens is 1. The molecule has 2 atom stereocenters. The molecule has 4 heteroatoms. The van der Waals surface area contributed by atoms with Gasteiger partial charge in [0.15, 0.2) is 0 Å². The Bertz CT molecular complexity index is 208. The lowest BCUT2D eigenvalue weighted by atomic mass is 10.2. The van der Waals surface area contributed by atoms with E-state index in [1.807, 2.05) is 0 Å². The molecule has 0 aliphatic carbocycles. The van der Waals surface area contributed by atoms with Crippen LogP contribution in [0.2, 0.25) is 0 Å². The van der Waals surface area contributed by atoms with Gasteiger partial charge in [0.25, 0.3) is 0 Å². The van der Waals surface area contributed by atoms with E-state index in [-0.39, 0.29) is 13.0 Å². The molecule has 1 rings (SSSR count). The third kappa shape index (κ3) is 2.52. The van der Waals surface area contributed by atoms with Crippen LogP contribution < -0.4 is 0 Å². The highest BCUT2D eigenvalue weighted by Crippen LogP contribution is 2.20. The van der Waals surface area contributed by atoms with Crippen molar-refractivity contribution in [1.82, 2.24) is 4.90 Å². The average Bonchev–Trinajstić information content (AvgIpc) is 2.43. The van der Waals surface area contributed by atoms with E-state index in [2.05, 4.69) is 6.58 Å². The fourth-order valence-corrected chi connectivity index (χ4v) is 1.61. The van der Waals surface area contributed by atoms with E-state index in [9.17, 15) is 9.18 Å². The molecular formula is C9H14FNO2. The zero-order chi connectivity index (χ0) is 9.84. The van der Waals surface area contributed by atoms with Crippen molar-refractivity contribution in [2.24, 2.45) is 0 Å². The Morgan fingerprint density at radius 3 is 3.00 bits per heavy atom. The highest BCUT2D eigenvalue weighted by Gasteiger charge is 2.36. The van der Waals surface area contributed by atoms with E-state index in [0.29, 0.717) is 13.0 Å². The molecule has 0 saturated carbocycles. The molecule has 1 aliphatic rings. The SMILES string of the molecule is C=CCCN1C[C@@H](F)C[C@H]1C(=O)O. The van der Waals surface area contributed by atoms with Crippen molar-refractivity contribution < 1.29 is 14.3 Å². The first kappa shape index (κ1) is 10.2. The lowest BCUT2D eigenvalue weighted by molar-refractivity contribution is -0.142. The number of hydrogen-bond donors (Lipinski definition) is 1. The van der Waals surface area contributed by atoms with Crippen LogP contribution >= 0.6 is 0 Å². The number of rotatable bonds is 4. The third-order valence-corrected chi connectivity index (χ3v) is 2.26. The molecule has 0 spiro atoms. The molecule has 1 aliphatic heterocycles. The zero-order valence-electron chi connectivity index (χ0n) is 7.45. The smallest absolute Gasteiger partial charge is 0.321 e. The normalized spacial score (nSPS) is 29.0. The van der Waals surface area contributed by atoms with E-state index in [4.69, 9.17) is 5.11 Å². The Morgan fingerprint density at radius 1 is 1.77 bits per heavy atom. The van der Waals surface area contributed by atoms with Gasteiger partial charge in [-0.05, 0) is 6.42 Å². The Hall–Kier alpha value is -0.900. The molecule has 1 saturated heterocycles. The first-order chi connectivity index (χ1) is 6.15. The quantitative estimate of drug-likeness (QED) is 0.669. The van der Waals surface area contributed by atoms with E-state index in [0.717, 1.165) is 0 Å². The Labute approximate surface area is 76.8 Å². The number of hydrogen-bond acceptors (Lipinski definition) is 2. The van der Waals surface area contributed by atoms with Gasteiger partial charge in [0, 0.05) is 19.5 Å². The lowest BCUT2D eigenvalue weighted by Gasteiger charge is -2.19. The van der Waals surface area contributed by atoms with Crippen molar-refractivity contribution in [3.8, 4) is 0 Å². The van der Waals surface area contributed by atoms with Crippen molar-refractivity contribution in [3.63, 3.8) is 0 Å². The summed E-state index contributed by atoms with van der Waals surface area (Å²) in [6.45, 7) is 4.37. The first-order valence-electron chi connectivity index (χ1n) is 4.37. The second kappa shape index (κ2) is 4.37. The Morgan fingerprint density at radius 2 is 2.46 bits per heavy atom. The first-order valence-corrected chi connectivity index (χ1v) is 4.37. The number of alkyl halides is 1. The van der Waals surface area contributed by atoms with Crippen molar-refractivity contribution >= 4 is 5.97 Å². The molecule has 0 amide bonds. The minimum atomic E-state index is -0.995. The van der Waals surface area contributed by atoms with Crippen LogP contribution in [0, 0.1) is 0 Å². The number of aliphatic carboxylic acids is 1. The molecule has 0 unspecified atom stereocenters. The molecule has 1 fully saturated rings. The molecule has 74 valence electrons. The van der Waals surface area contributed by atoms with Crippen LogP contribution in [0.25, 0.3) is 0 Å². The van der Waals surface area contributed by atoms with Gasteiger partial charge < -0.3 is 5.11 Å². The van der Waals surface area contributed by atoms with Gasteiger partial charge in [-0.1, -0.05) is 6.08 Å². The maximum absolute atomic E-state index is 12.9. The number of carboxylic acids is 1. The van der Waals surface area contributed by atoms with Gasteiger partial charge >= 0.3 is 5.97 Å². The van der Waals surface area contributed by atoms with Gasteiger partial charge in [-0.3, -0.25) is 9.69 Å². The fraction of sp³-hybridized carbons (Fsp3) is 0.667. The van der Waals surface area contributed by atoms with E-state index >= 15 is 0 Å². The van der Waals surface area contributed by atoms with Crippen LogP contribution in [-0.2, 0) is 4.79 Å². The molecule has 0 bridgehead atoms. The lowest BCUT2D eigenvalue weighted by Crippen LogP contribution is -2.36. The van der Waals surface area contributed by atoms with Crippen molar-refractivity contribution in [1.29, 1.82) is 0 Å². The van der Waals surface area contributed by atoms with E-state index in [1.54, 1.807) is 11.0 Å². The molecule has 0 aromatic carbocycles. The Kier molecular flexibility index (Phi) is 3.42. The monoisotopic (exact) mass is 187 g/mol. The summed E-state index contributed by atoms with van der Waals surface area (Å²) >= 11 is 0. The molecule has 0 aromatic heterocycles. The number of carbonyl (C=O) groups is 1. The summed E-state index contributed by atoms with van der Waals surface area (Å²) in [6.07, 6.45) is 1.54. The number of likely N-dealkylation sites (tertiary alicyclic amines) is 1. The second-order valence-electron chi connectivity index (χ2n) is 3.26. The van der Waals surface area contributed by atoms with Crippen LogP contribution in [-0.4, -0.2) is 41.3 Å². The molecular weight excluding hydrogens is 173 g/mol. The van der Waals surface area contributed by atoms with Crippen LogP contribution in [0.1, 0.15) is 12.8 Å². The summed E-state index contributed by atoms with van der Waals surface area (Å²) in [4.78, 5) is 12.3. The van der Waals surface area contributed by atoms with Gasteiger partial charge in [-0.15, -0.1) is 6.58 Å². The number of nitrogens with zero attached hydrogens (tertiary/aromatic N) is 1. The second-order valence-corrected chi connectivity index (χ2v) is 3.26. The summed E-state index contributed by atoms with van der Waals surface area (Å²) in [5.74, 6) is -0.927. The fourth-order valence-electron chi connectivity index (χ4n) is 1.61. The van der Waals surface area contributed by atoms with Gasteiger partial charge in [0.2, 0.25) is 0 Å². The van der Waals surface area contributed by atoms with Gasteiger partial charge in [0.05, 0.1) is 0 Å². The zero-order valence-corrected chi connectivity index (χ0v) is 7.45. The minimum Gasteiger partial charge on any atom is -0.480 e. The van der Waals surface area contributed by atoms with Crippen LogP contribution in [0.3, 0.4) is 0 Å². The minimum absolute atomic E-state index is 0.118. The Balaban J connectivity index is 2.50. The maximum Gasteiger partial charge on any atom is 0.321 e. The summed E-state index contributed by atoms with van der Waals surface area (Å²) < 4.78 is 12.9. The molecule has 3 nitrogen and oxygen atoms in total. The van der Waals surface area contributed by atoms with Crippen LogP contribution in [0.4, 0.5) is 4.39 Å². The van der Waals surface area contributed by atoms with E-state index < -0.39 is 18.2 Å². The summed E-state index contributed by atoms with van der Waals surface area (Å²) in [5, 5.41) is 8.77. The van der Waals surface area contributed by atoms with E-state index in [1.165, 1.54) is 0 Å². The predicted molar refractivity (Wildman–Crippen MR) is 47.3 cm³/mol. The third-order valence-electron chi connectivity index (χ3n) is 2.26. The highest BCUT2D eigenvalue weighted by atomic mass is 19.1. The van der Waals surface area contributed by atoms with Crippen molar-refractivity contribution in [2.75, 3.05) is 13.1 Å². The average molecular weight is 187 g/mol. The van der Waals surface area contributed by atoms with Crippen LogP contribution in [0.5, 0.6) is 0 Å². The summed E-state index contributed by atoms with van der Waals surface area (Å²) in [6, 6.07) is -0.644. The van der Waals surface area contributed by atoms with Crippen molar-refractivity contribution in [2.45, 2.75) is 25.1 Å². The van der Waals surface area contributed by atoms with Crippen LogP contribution in [0.15, 0.2) is 12.7 Å². The molecule has 13 heavy (non-hydrogen) atoms. The number of carboxylic acid groups (broad SMARTS) is 1. The highest BCUT2D eigenvalue weighted by molar-refractivity contribution is 5.74.